The van der Waals surface area contributed by atoms with Crippen LogP contribution in [0.4, 0.5) is 0 Å². The van der Waals surface area contributed by atoms with Crippen LogP contribution in [-0.4, -0.2) is 6.04 Å². The van der Waals surface area contributed by atoms with Gasteiger partial charge in [-0.05, 0) is 57.6 Å². The summed E-state index contributed by atoms with van der Waals surface area (Å²) in [4.78, 5) is 0. The molecule has 1 nitrogen and oxygen atoms in total. The maximum atomic E-state index is 3.71. The number of halogens is 1. The van der Waals surface area contributed by atoms with E-state index in [1.807, 2.05) is 0 Å². The van der Waals surface area contributed by atoms with E-state index >= 15 is 0 Å². The molecule has 1 saturated carbocycles. The Morgan fingerprint density at radius 2 is 2.31 bits per heavy atom. The highest BCUT2D eigenvalue weighted by Crippen LogP contribution is 2.34. The van der Waals surface area contributed by atoms with Crippen molar-refractivity contribution in [3.63, 3.8) is 0 Å². The number of nitrogens with one attached hydrogen (secondary N) is 1. The highest BCUT2D eigenvalue weighted by molar-refractivity contribution is 9.11. The summed E-state index contributed by atoms with van der Waals surface area (Å²) in [5, 5.41) is 5.94. The molecule has 0 radical (unpaired) electrons. The third-order valence-corrected chi connectivity index (χ3v) is 5.49. The fraction of sp³-hybridized carbons (Fsp3) is 0.692. The van der Waals surface area contributed by atoms with Crippen LogP contribution >= 0.6 is 27.3 Å². The molecular formula is C13H20BrNS. The molecule has 1 aliphatic rings. The van der Waals surface area contributed by atoms with Crippen LogP contribution in [0, 0.1) is 11.8 Å². The summed E-state index contributed by atoms with van der Waals surface area (Å²) in [5.74, 6) is 1.78. The molecule has 3 atom stereocenters. The fourth-order valence-corrected chi connectivity index (χ4v) is 4.01. The van der Waals surface area contributed by atoms with Gasteiger partial charge in [0.1, 0.15) is 0 Å². The molecule has 90 valence electrons. The molecule has 16 heavy (non-hydrogen) atoms. The maximum absolute atomic E-state index is 3.71. The van der Waals surface area contributed by atoms with Crippen molar-refractivity contribution < 1.29 is 0 Å². The first-order chi connectivity index (χ1) is 7.70. The molecule has 1 aromatic rings. The van der Waals surface area contributed by atoms with Gasteiger partial charge in [0.15, 0.2) is 0 Å². The molecule has 1 aromatic heterocycles. The van der Waals surface area contributed by atoms with Gasteiger partial charge in [-0.2, -0.15) is 0 Å². The Morgan fingerprint density at radius 3 is 2.88 bits per heavy atom. The lowest BCUT2D eigenvalue weighted by molar-refractivity contribution is 0.344. The summed E-state index contributed by atoms with van der Waals surface area (Å²) in [6.45, 7) is 5.75. The van der Waals surface area contributed by atoms with E-state index in [0.29, 0.717) is 0 Å². The van der Waals surface area contributed by atoms with E-state index in [4.69, 9.17) is 0 Å². The molecule has 0 aliphatic heterocycles. The van der Waals surface area contributed by atoms with Crippen molar-refractivity contribution in [2.24, 2.45) is 11.8 Å². The quantitative estimate of drug-likeness (QED) is 0.868. The second-order valence-electron chi connectivity index (χ2n) is 4.85. The van der Waals surface area contributed by atoms with Crippen LogP contribution in [-0.2, 0) is 6.54 Å². The lowest BCUT2D eigenvalue weighted by Crippen LogP contribution is -2.32. The minimum atomic E-state index is 0.726. The topological polar surface area (TPSA) is 12.0 Å². The first-order valence-corrected chi connectivity index (χ1v) is 7.84. The van der Waals surface area contributed by atoms with Gasteiger partial charge in [0.25, 0.3) is 0 Å². The SMILES string of the molecule is CCC1CCC(NCc2csc(Br)c2)C1C. The average Bonchev–Trinajstić information content (AvgIpc) is 2.83. The lowest BCUT2D eigenvalue weighted by Gasteiger charge is -2.20. The fourth-order valence-electron chi connectivity index (χ4n) is 2.80. The third kappa shape index (κ3) is 2.88. The number of hydrogen-bond donors (Lipinski definition) is 1. The van der Waals surface area contributed by atoms with E-state index in [-0.39, 0.29) is 0 Å². The van der Waals surface area contributed by atoms with Gasteiger partial charge in [0, 0.05) is 12.6 Å². The number of hydrogen-bond acceptors (Lipinski definition) is 2. The van der Waals surface area contributed by atoms with Crippen LogP contribution in [0.15, 0.2) is 15.2 Å². The minimum absolute atomic E-state index is 0.726. The van der Waals surface area contributed by atoms with E-state index in [0.717, 1.165) is 24.4 Å². The van der Waals surface area contributed by atoms with Gasteiger partial charge < -0.3 is 5.32 Å². The molecule has 1 aliphatic carbocycles. The van der Waals surface area contributed by atoms with Gasteiger partial charge in [0.05, 0.1) is 3.79 Å². The van der Waals surface area contributed by atoms with Crippen LogP contribution in [0.1, 0.15) is 38.7 Å². The van der Waals surface area contributed by atoms with Crippen LogP contribution in [0.5, 0.6) is 0 Å². The van der Waals surface area contributed by atoms with Gasteiger partial charge in [-0.3, -0.25) is 0 Å². The number of rotatable bonds is 4. The molecule has 0 spiro atoms. The second-order valence-corrected chi connectivity index (χ2v) is 7.14. The van der Waals surface area contributed by atoms with Gasteiger partial charge in [0.2, 0.25) is 0 Å². The molecule has 0 bridgehead atoms. The van der Waals surface area contributed by atoms with E-state index in [9.17, 15) is 0 Å². The summed E-state index contributed by atoms with van der Waals surface area (Å²) in [5.41, 5.74) is 1.41. The monoisotopic (exact) mass is 301 g/mol. The van der Waals surface area contributed by atoms with Crippen molar-refractivity contribution in [3.05, 3.63) is 20.8 Å². The van der Waals surface area contributed by atoms with E-state index in [2.05, 4.69) is 46.5 Å². The Labute approximate surface area is 111 Å². The average molecular weight is 302 g/mol. The highest BCUT2D eigenvalue weighted by Gasteiger charge is 2.30. The van der Waals surface area contributed by atoms with Gasteiger partial charge >= 0.3 is 0 Å². The van der Waals surface area contributed by atoms with Gasteiger partial charge in [-0.15, -0.1) is 11.3 Å². The van der Waals surface area contributed by atoms with Crippen LogP contribution in [0.2, 0.25) is 0 Å². The van der Waals surface area contributed by atoms with Crippen molar-refractivity contribution >= 4 is 27.3 Å². The van der Waals surface area contributed by atoms with Gasteiger partial charge in [-0.25, -0.2) is 0 Å². The van der Waals surface area contributed by atoms with E-state index < -0.39 is 0 Å². The standard InChI is InChI=1S/C13H20BrNS/c1-3-11-4-5-12(9(11)2)15-7-10-6-13(14)16-8-10/h6,8-9,11-12,15H,3-5,7H2,1-2H3. The second kappa shape index (κ2) is 5.65. The molecule has 1 N–H and O–H groups in total. The highest BCUT2D eigenvalue weighted by atomic mass is 79.9. The Balaban J connectivity index is 1.83. The summed E-state index contributed by atoms with van der Waals surface area (Å²) in [7, 11) is 0. The van der Waals surface area contributed by atoms with Crippen LogP contribution < -0.4 is 5.32 Å². The summed E-state index contributed by atoms with van der Waals surface area (Å²) >= 11 is 5.28. The summed E-state index contributed by atoms with van der Waals surface area (Å²) < 4.78 is 1.23. The summed E-state index contributed by atoms with van der Waals surface area (Å²) in [6, 6.07) is 2.94. The van der Waals surface area contributed by atoms with Crippen molar-refractivity contribution in [1.29, 1.82) is 0 Å². The predicted octanol–water partition coefficient (Wildman–Crippen LogP) is 4.42. The molecule has 2 rings (SSSR count). The zero-order valence-electron chi connectivity index (χ0n) is 10.0. The van der Waals surface area contributed by atoms with Crippen LogP contribution in [0.25, 0.3) is 0 Å². The van der Waals surface area contributed by atoms with Crippen molar-refractivity contribution in [1.82, 2.24) is 5.32 Å². The third-order valence-electron chi connectivity index (χ3n) is 3.94. The smallest absolute Gasteiger partial charge is 0.0701 e. The van der Waals surface area contributed by atoms with E-state index in [1.165, 1.54) is 28.6 Å². The Bertz CT molecular complexity index is 336. The zero-order valence-corrected chi connectivity index (χ0v) is 12.4. The lowest BCUT2D eigenvalue weighted by atomic mass is 9.93. The molecule has 1 heterocycles. The minimum Gasteiger partial charge on any atom is -0.310 e. The number of thiophene rings is 1. The zero-order chi connectivity index (χ0) is 11.5. The first kappa shape index (κ1) is 12.6. The van der Waals surface area contributed by atoms with Crippen molar-refractivity contribution in [3.8, 4) is 0 Å². The predicted molar refractivity (Wildman–Crippen MR) is 74.8 cm³/mol. The molecule has 1 fully saturated rings. The summed E-state index contributed by atoms with van der Waals surface area (Å²) in [6.07, 6.45) is 4.09. The molecule has 3 heteroatoms. The van der Waals surface area contributed by atoms with Crippen molar-refractivity contribution in [2.45, 2.75) is 45.7 Å². The van der Waals surface area contributed by atoms with E-state index in [1.54, 1.807) is 11.3 Å². The first-order valence-electron chi connectivity index (χ1n) is 6.17. The Morgan fingerprint density at radius 1 is 1.50 bits per heavy atom. The Kier molecular flexibility index (Phi) is 4.45. The molecule has 0 amide bonds. The molecule has 0 aromatic carbocycles. The molecule has 3 unspecified atom stereocenters. The largest absolute Gasteiger partial charge is 0.310 e. The van der Waals surface area contributed by atoms with Crippen molar-refractivity contribution in [2.75, 3.05) is 0 Å². The van der Waals surface area contributed by atoms with Crippen LogP contribution in [0.3, 0.4) is 0 Å². The molecule has 0 saturated heterocycles. The maximum Gasteiger partial charge on any atom is 0.0701 e. The normalized spacial score (nSPS) is 29.8. The van der Waals surface area contributed by atoms with Gasteiger partial charge in [-0.1, -0.05) is 20.3 Å². The molecular weight excluding hydrogens is 282 g/mol. The Hall–Kier alpha value is 0.140.